The summed E-state index contributed by atoms with van der Waals surface area (Å²) in [5.74, 6) is 3.16. The SMILES string of the molecule is CCN1c2ncccc2-c2ncc(C)n2-c2ccc(OC)nc21. The lowest BCUT2D eigenvalue weighted by atomic mass is 10.2. The fourth-order valence-electron chi connectivity index (χ4n) is 3.03. The lowest BCUT2D eigenvalue weighted by Gasteiger charge is -2.22. The van der Waals surface area contributed by atoms with E-state index in [9.17, 15) is 0 Å². The summed E-state index contributed by atoms with van der Waals surface area (Å²) in [4.78, 5) is 16.0. The molecule has 0 bridgehead atoms. The van der Waals surface area contributed by atoms with E-state index in [-0.39, 0.29) is 0 Å². The molecule has 3 aromatic rings. The lowest BCUT2D eigenvalue weighted by Crippen LogP contribution is -2.20. The molecular formula is C17H17N5O. The smallest absolute Gasteiger partial charge is 0.215 e. The van der Waals surface area contributed by atoms with E-state index in [4.69, 9.17) is 4.74 Å². The van der Waals surface area contributed by atoms with E-state index in [0.29, 0.717) is 5.88 Å². The average molecular weight is 307 g/mol. The molecule has 4 rings (SSSR count). The Hall–Kier alpha value is -2.89. The molecule has 6 heteroatoms. The van der Waals surface area contributed by atoms with Crippen LogP contribution in [-0.4, -0.2) is 33.2 Å². The van der Waals surface area contributed by atoms with Gasteiger partial charge in [0.1, 0.15) is 11.6 Å². The zero-order chi connectivity index (χ0) is 16.0. The van der Waals surface area contributed by atoms with Crippen molar-refractivity contribution in [2.24, 2.45) is 0 Å². The first-order valence-electron chi connectivity index (χ1n) is 7.57. The van der Waals surface area contributed by atoms with Crippen LogP contribution < -0.4 is 9.64 Å². The predicted molar refractivity (Wildman–Crippen MR) is 88.6 cm³/mol. The molecule has 0 aliphatic carbocycles. The molecule has 0 fully saturated rings. The second kappa shape index (κ2) is 5.08. The Morgan fingerprint density at radius 3 is 2.78 bits per heavy atom. The summed E-state index contributed by atoms with van der Waals surface area (Å²) in [6, 6.07) is 7.88. The first kappa shape index (κ1) is 13.8. The summed E-state index contributed by atoms with van der Waals surface area (Å²) >= 11 is 0. The van der Waals surface area contributed by atoms with Gasteiger partial charge in [-0.2, -0.15) is 4.98 Å². The van der Waals surface area contributed by atoms with Crippen LogP contribution in [0.1, 0.15) is 12.6 Å². The molecule has 3 aromatic heterocycles. The average Bonchev–Trinajstić information content (AvgIpc) is 2.92. The molecular weight excluding hydrogens is 290 g/mol. The normalized spacial score (nSPS) is 12.2. The highest BCUT2D eigenvalue weighted by atomic mass is 16.5. The van der Waals surface area contributed by atoms with Crippen LogP contribution in [-0.2, 0) is 0 Å². The van der Waals surface area contributed by atoms with Gasteiger partial charge in [0.25, 0.3) is 0 Å². The summed E-state index contributed by atoms with van der Waals surface area (Å²) in [5, 5.41) is 0. The van der Waals surface area contributed by atoms with Crippen molar-refractivity contribution in [3.05, 3.63) is 42.4 Å². The number of methoxy groups -OCH3 is 1. The quantitative estimate of drug-likeness (QED) is 0.728. The second-order valence-electron chi connectivity index (χ2n) is 5.37. The van der Waals surface area contributed by atoms with Gasteiger partial charge in [0.15, 0.2) is 5.82 Å². The van der Waals surface area contributed by atoms with Crippen molar-refractivity contribution in [2.45, 2.75) is 13.8 Å². The van der Waals surface area contributed by atoms with Gasteiger partial charge in [-0.3, -0.25) is 4.57 Å². The predicted octanol–water partition coefficient (Wildman–Crippen LogP) is 3.12. The number of imidazole rings is 1. The van der Waals surface area contributed by atoms with E-state index in [0.717, 1.165) is 40.9 Å². The summed E-state index contributed by atoms with van der Waals surface area (Å²) < 4.78 is 7.44. The Bertz CT molecular complexity index is 886. The van der Waals surface area contributed by atoms with Crippen LogP contribution in [0.25, 0.3) is 17.1 Å². The Morgan fingerprint density at radius 1 is 1.13 bits per heavy atom. The largest absolute Gasteiger partial charge is 0.481 e. The molecule has 23 heavy (non-hydrogen) atoms. The molecule has 0 radical (unpaired) electrons. The minimum absolute atomic E-state index is 0.584. The van der Waals surface area contributed by atoms with Gasteiger partial charge in [-0.05, 0) is 32.0 Å². The monoisotopic (exact) mass is 307 g/mol. The molecule has 4 heterocycles. The van der Waals surface area contributed by atoms with Gasteiger partial charge in [-0.15, -0.1) is 0 Å². The van der Waals surface area contributed by atoms with Crippen molar-refractivity contribution < 1.29 is 4.74 Å². The molecule has 116 valence electrons. The maximum Gasteiger partial charge on any atom is 0.215 e. The van der Waals surface area contributed by atoms with Crippen LogP contribution >= 0.6 is 0 Å². The molecule has 0 unspecified atom stereocenters. The molecule has 0 atom stereocenters. The van der Waals surface area contributed by atoms with Crippen molar-refractivity contribution in [2.75, 3.05) is 18.6 Å². The van der Waals surface area contributed by atoms with Crippen LogP contribution in [0, 0.1) is 6.92 Å². The van der Waals surface area contributed by atoms with Crippen molar-refractivity contribution in [3.8, 4) is 23.0 Å². The van der Waals surface area contributed by atoms with Crippen molar-refractivity contribution in [1.29, 1.82) is 0 Å². The molecule has 0 aromatic carbocycles. The molecule has 0 N–H and O–H groups in total. The summed E-state index contributed by atoms with van der Waals surface area (Å²) in [7, 11) is 1.63. The summed E-state index contributed by atoms with van der Waals surface area (Å²) in [6.45, 7) is 4.88. The van der Waals surface area contributed by atoms with Gasteiger partial charge in [0.2, 0.25) is 5.88 Å². The van der Waals surface area contributed by atoms with Gasteiger partial charge >= 0.3 is 0 Å². The molecule has 0 spiro atoms. The first-order valence-corrected chi connectivity index (χ1v) is 7.57. The second-order valence-corrected chi connectivity index (χ2v) is 5.37. The highest BCUT2D eigenvalue weighted by molar-refractivity contribution is 5.82. The Labute approximate surface area is 134 Å². The number of pyridine rings is 2. The van der Waals surface area contributed by atoms with Gasteiger partial charge in [0.05, 0.1) is 18.4 Å². The Morgan fingerprint density at radius 2 is 2.00 bits per heavy atom. The standard InChI is InChI=1S/C17H17N5O/c1-4-21-15-12(6-5-9-18-15)16-19-10-11(2)22(16)13-7-8-14(23-3)20-17(13)21/h5-10H,4H2,1-3H3. The van der Waals surface area contributed by atoms with Gasteiger partial charge in [0, 0.05) is 30.7 Å². The first-order chi connectivity index (χ1) is 11.2. The number of aromatic nitrogens is 4. The third kappa shape index (κ3) is 1.91. The number of nitrogens with zero attached hydrogens (tertiary/aromatic N) is 5. The number of anilines is 2. The van der Waals surface area contributed by atoms with E-state index in [1.807, 2.05) is 37.4 Å². The van der Waals surface area contributed by atoms with E-state index >= 15 is 0 Å². The number of fused-ring (bicyclic) bond motifs is 5. The highest BCUT2D eigenvalue weighted by Gasteiger charge is 2.28. The Kier molecular flexibility index (Phi) is 3.04. The molecule has 1 aliphatic rings. The molecule has 6 nitrogen and oxygen atoms in total. The fraction of sp³-hybridized carbons (Fsp3) is 0.235. The third-order valence-electron chi connectivity index (χ3n) is 4.07. The highest BCUT2D eigenvalue weighted by Crippen LogP contribution is 2.41. The number of rotatable bonds is 2. The topological polar surface area (TPSA) is 56.1 Å². The van der Waals surface area contributed by atoms with Crippen molar-refractivity contribution >= 4 is 11.6 Å². The maximum atomic E-state index is 5.32. The van der Waals surface area contributed by atoms with Gasteiger partial charge in [-0.25, -0.2) is 9.97 Å². The van der Waals surface area contributed by atoms with E-state index < -0.39 is 0 Å². The zero-order valence-corrected chi connectivity index (χ0v) is 13.3. The van der Waals surface area contributed by atoms with Gasteiger partial charge < -0.3 is 9.64 Å². The number of hydrogen-bond donors (Lipinski definition) is 0. The number of hydrogen-bond acceptors (Lipinski definition) is 5. The zero-order valence-electron chi connectivity index (χ0n) is 13.3. The fourth-order valence-corrected chi connectivity index (χ4v) is 3.03. The molecule has 0 saturated heterocycles. The summed E-state index contributed by atoms with van der Waals surface area (Å²) in [6.07, 6.45) is 3.68. The van der Waals surface area contributed by atoms with E-state index in [1.165, 1.54) is 0 Å². The van der Waals surface area contributed by atoms with Crippen molar-refractivity contribution in [1.82, 2.24) is 19.5 Å². The van der Waals surface area contributed by atoms with Crippen LogP contribution in [0.15, 0.2) is 36.7 Å². The van der Waals surface area contributed by atoms with Crippen LogP contribution in [0.5, 0.6) is 5.88 Å². The molecule has 1 aliphatic heterocycles. The number of aryl methyl sites for hydroxylation is 1. The van der Waals surface area contributed by atoms with Crippen LogP contribution in [0.2, 0.25) is 0 Å². The number of ether oxygens (including phenoxy) is 1. The lowest BCUT2D eigenvalue weighted by molar-refractivity contribution is 0.398. The van der Waals surface area contributed by atoms with Crippen molar-refractivity contribution in [3.63, 3.8) is 0 Å². The van der Waals surface area contributed by atoms with E-state index in [2.05, 4.69) is 31.3 Å². The third-order valence-corrected chi connectivity index (χ3v) is 4.07. The molecule has 0 amide bonds. The van der Waals surface area contributed by atoms with Gasteiger partial charge in [-0.1, -0.05) is 0 Å². The van der Waals surface area contributed by atoms with Crippen LogP contribution in [0.3, 0.4) is 0 Å². The van der Waals surface area contributed by atoms with Crippen LogP contribution in [0.4, 0.5) is 11.6 Å². The van der Waals surface area contributed by atoms with E-state index in [1.54, 1.807) is 13.3 Å². The molecule has 0 saturated carbocycles. The summed E-state index contributed by atoms with van der Waals surface area (Å²) in [5.41, 5.74) is 3.04. The minimum atomic E-state index is 0.584. The Balaban J connectivity index is 2.12. The minimum Gasteiger partial charge on any atom is -0.481 e. The maximum absolute atomic E-state index is 5.32.